The molecular formula is C11H9O3. The van der Waals surface area contributed by atoms with E-state index in [0.29, 0.717) is 0 Å². The summed E-state index contributed by atoms with van der Waals surface area (Å²) in [5.74, 6) is -0.677. The molecule has 0 saturated heterocycles. The first-order chi connectivity index (χ1) is 6.77. The zero-order valence-corrected chi connectivity index (χ0v) is 7.69. The monoisotopic (exact) mass is 189 g/mol. The van der Waals surface area contributed by atoms with Crippen LogP contribution in [0.3, 0.4) is 0 Å². The quantitative estimate of drug-likeness (QED) is 0.312. The summed E-state index contributed by atoms with van der Waals surface area (Å²) in [6, 6.07) is 9.03. The summed E-state index contributed by atoms with van der Waals surface area (Å²) >= 11 is 0. The number of benzene rings is 1. The van der Waals surface area contributed by atoms with Crippen molar-refractivity contribution < 1.29 is 14.3 Å². The lowest BCUT2D eigenvalue weighted by atomic mass is 10.1. The topological polar surface area (TPSA) is 43.4 Å². The Morgan fingerprint density at radius 2 is 2.00 bits per heavy atom. The molecule has 0 aliphatic rings. The molecule has 0 unspecified atom stereocenters. The van der Waals surface area contributed by atoms with Crippen molar-refractivity contribution in [3.63, 3.8) is 0 Å². The lowest BCUT2D eigenvalue weighted by Crippen LogP contribution is -2.05. The fourth-order valence-corrected chi connectivity index (χ4v) is 0.956. The highest BCUT2D eigenvalue weighted by molar-refractivity contribution is 6.11. The predicted molar refractivity (Wildman–Crippen MR) is 52.1 cm³/mol. The van der Waals surface area contributed by atoms with E-state index in [1.807, 2.05) is 18.2 Å². The molecule has 0 aliphatic heterocycles. The van der Waals surface area contributed by atoms with Gasteiger partial charge in [0, 0.05) is 0 Å². The second-order valence-electron chi connectivity index (χ2n) is 2.56. The van der Waals surface area contributed by atoms with E-state index in [2.05, 4.69) is 4.74 Å². The number of methoxy groups -OCH3 is 1. The van der Waals surface area contributed by atoms with Gasteiger partial charge in [-0.15, -0.1) is 0 Å². The maximum absolute atomic E-state index is 11.0. The van der Waals surface area contributed by atoms with Crippen LogP contribution in [0.25, 0.3) is 6.08 Å². The second kappa shape index (κ2) is 4.97. The molecule has 0 fully saturated rings. The van der Waals surface area contributed by atoms with Crippen LogP contribution in [0.4, 0.5) is 0 Å². The second-order valence-corrected chi connectivity index (χ2v) is 2.56. The predicted octanol–water partition coefficient (Wildman–Crippen LogP) is 1.35. The van der Waals surface area contributed by atoms with Gasteiger partial charge in [0.25, 0.3) is 0 Å². The lowest BCUT2D eigenvalue weighted by Gasteiger charge is -1.96. The molecule has 0 atom stereocenters. The van der Waals surface area contributed by atoms with E-state index in [1.54, 1.807) is 12.1 Å². The Hall–Kier alpha value is -1.90. The van der Waals surface area contributed by atoms with Gasteiger partial charge in [0.2, 0.25) is 6.29 Å². The molecule has 3 heteroatoms. The van der Waals surface area contributed by atoms with Crippen molar-refractivity contribution >= 4 is 18.3 Å². The van der Waals surface area contributed by atoms with Crippen LogP contribution in [-0.2, 0) is 14.3 Å². The minimum Gasteiger partial charge on any atom is -0.465 e. The van der Waals surface area contributed by atoms with Gasteiger partial charge in [0.1, 0.15) is 5.57 Å². The fourth-order valence-electron chi connectivity index (χ4n) is 0.956. The standard InChI is InChI=1S/C11H9O3/c1-14-11(13)10(8-12)7-9-5-3-2-4-6-9/h2-7H,1H3. The molecule has 0 spiro atoms. The van der Waals surface area contributed by atoms with E-state index in [0.717, 1.165) is 5.56 Å². The van der Waals surface area contributed by atoms with Crippen molar-refractivity contribution in [1.29, 1.82) is 0 Å². The first-order valence-electron chi connectivity index (χ1n) is 4.01. The Labute approximate surface area is 82.0 Å². The highest BCUT2D eigenvalue weighted by atomic mass is 16.5. The maximum Gasteiger partial charge on any atom is 0.342 e. The van der Waals surface area contributed by atoms with E-state index in [9.17, 15) is 9.59 Å². The summed E-state index contributed by atoms with van der Waals surface area (Å²) in [6.45, 7) is 0. The van der Waals surface area contributed by atoms with E-state index >= 15 is 0 Å². The largest absolute Gasteiger partial charge is 0.465 e. The summed E-state index contributed by atoms with van der Waals surface area (Å²) in [5, 5.41) is 0. The molecule has 0 N–H and O–H groups in total. The first kappa shape index (κ1) is 10.2. The Morgan fingerprint density at radius 3 is 2.50 bits per heavy atom. The number of hydrogen-bond acceptors (Lipinski definition) is 3. The average molecular weight is 189 g/mol. The third-order valence-corrected chi connectivity index (χ3v) is 1.63. The zero-order valence-electron chi connectivity index (χ0n) is 7.69. The zero-order chi connectivity index (χ0) is 10.4. The van der Waals surface area contributed by atoms with Gasteiger partial charge in [-0.25, -0.2) is 4.79 Å². The molecule has 0 aromatic heterocycles. The van der Waals surface area contributed by atoms with Crippen LogP contribution in [0.2, 0.25) is 0 Å². The van der Waals surface area contributed by atoms with Crippen molar-refractivity contribution in [3.8, 4) is 0 Å². The molecule has 3 nitrogen and oxygen atoms in total. The number of ether oxygens (including phenoxy) is 1. The number of carbonyl (C=O) groups is 1. The Morgan fingerprint density at radius 1 is 1.36 bits per heavy atom. The molecule has 14 heavy (non-hydrogen) atoms. The molecule has 0 amide bonds. The maximum atomic E-state index is 11.0. The van der Waals surface area contributed by atoms with Crippen LogP contribution >= 0.6 is 0 Å². The van der Waals surface area contributed by atoms with Crippen molar-refractivity contribution in [2.45, 2.75) is 0 Å². The smallest absolute Gasteiger partial charge is 0.342 e. The van der Waals surface area contributed by atoms with Crippen LogP contribution in [0.1, 0.15) is 5.56 Å². The molecule has 1 radical (unpaired) electrons. The molecule has 1 aromatic rings. The molecular weight excluding hydrogens is 180 g/mol. The molecule has 0 saturated carbocycles. The van der Waals surface area contributed by atoms with Crippen molar-refractivity contribution in [2.75, 3.05) is 7.11 Å². The van der Waals surface area contributed by atoms with Gasteiger partial charge in [-0.1, -0.05) is 30.3 Å². The van der Waals surface area contributed by atoms with Gasteiger partial charge in [0.15, 0.2) is 0 Å². The minimum absolute atomic E-state index is 0.112. The number of esters is 1. The van der Waals surface area contributed by atoms with E-state index < -0.39 is 5.97 Å². The lowest BCUT2D eigenvalue weighted by molar-refractivity contribution is -0.135. The van der Waals surface area contributed by atoms with Gasteiger partial charge in [-0.2, -0.15) is 0 Å². The highest BCUT2D eigenvalue weighted by Gasteiger charge is 2.08. The fraction of sp³-hybridized carbons (Fsp3) is 0.0909. The molecule has 0 heterocycles. The number of hydrogen-bond donors (Lipinski definition) is 0. The van der Waals surface area contributed by atoms with E-state index in [1.165, 1.54) is 19.5 Å². The summed E-state index contributed by atoms with van der Waals surface area (Å²) in [6.07, 6.45) is 2.97. The molecule has 0 bridgehead atoms. The van der Waals surface area contributed by atoms with Gasteiger partial charge >= 0.3 is 5.97 Å². The van der Waals surface area contributed by atoms with Gasteiger partial charge in [-0.05, 0) is 11.6 Å². The average Bonchev–Trinajstić information content (AvgIpc) is 2.26. The van der Waals surface area contributed by atoms with Crippen LogP contribution in [0.5, 0.6) is 0 Å². The molecule has 71 valence electrons. The summed E-state index contributed by atoms with van der Waals surface area (Å²) in [5.41, 5.74) is 0.648. The molecule has 1 aromatic carbocycles. The van der Waals surface area contributed by atoms with Gasteiger partial charge < -0.3 is 4.74 Å². The van der Waals surface area contributed by atoms with Crippen LogP contribution in [0, 0.1) is 0 Å². The summed E-state index contributed by atoms with van der Waals surface area (Å²) in [4.78, 5) is 21.4. The Kier molecular flexibility index (Phi) is 3.61. The van der Waals surface area contributed by atoms with Gasteiger partial charge in [0.05, 0.1) is 7.11 Å². The highest BCUT2D eigenvalue weighted by Crippen LogP contribution is 2.05. The third kappa shape index (κ3) is 2.55. The normalized spacial score (nSPS) is 10.8. The SMILES string of the molecule is COC(=O)C([C]=O)=Cc1ccccc1. The number of rotatable bonds is 3. The van der Waals surface area contributed by atoms with Crippen molar-refractivity contribution in [1.82, 2.24) is 0 Å². The minimum atomic E-state index is -0.677. The van der Waals surface area contributed by atoms with Crippen LogP contribution < -0.4 is 0 Å². The third-order valence-electron chi connectivity index (χ3n) is 1.63. The molecule has 1 rings (SSSR count). The van der Waals surface area contributed by atoms with Crippen molar-refractivity contribution in [2.24, 2.45) is 0 Å². The van der Waals surface area contributed by atoms with Crippen LogP contribution in [-0.4, -0.2) is 19.4 Å². The van der Waals surface area contributed by atoms with E-state index in [4.69, 9.17) is 0 Å². The Bertz CT molecular complexity index is 352. The molecule has 0 aliphatic carbocycles. The number of carbonyl (C=O) groups excluding carboxylic acids is 2. The Balaban J connectivity index is 2.95. The van der Waals surface area contributed by atoms with Crippen molar-refractivity contribution in [3.05, 3.63) is 41.5 Å². The summed E-state index contributed by atoms with van der Waals surface area (Å²) in [7, 11) is 1.22. The summed E-state index contributed by atoms with van der Waals surface area (Å²) < 4.78 is 4.41. The first-order valence-corrected chi connectivity index (χ1v) is 4.01. The van der Waals surface area contributed by atoms with E-state index in [-0.39, 0.29) is 5.57 Å². The van der Waals surface area contributed by atoms with Gasteiger partial charge in [-0.3, -0.25) is 4.79 Å². The van der Waals surface area contributed by atoms with Crippen LogP contribution in [0.15, 0.2) is 35.9 Å².